The molecule has 2 N–H and O–H groups in total. The highest BCUT2D eigenvalue weighted by atomic mass is 79.9. The Bertz CT molecular complexity index is 445. The summed E-state index contributed by atoms with van der Waals surface area (Å²) in [6.45, 7) is 4.19. The number of hydrogen-bond acceptors (Lipinski definition) is 3. The zero-order valence-corrected chi connectivity index (χ0v) is 11.9. The van der Waals surface area contributed by atoms with Gasteiger partial charge in [0.2, 0.25) is 5.91 Å². The minimum atomic E-state index is -0.00295. The third-order valence-electron chi connectivity index (χ3n) is 3.12. The summed E-state index contributed by atoms with van der Waals surface area (Å²) in [7, 11) is 0. The second kappa shape index (κ2) is 5.82. The monoisotopic (exact) mass is 312 g/mol. The van der Waals surface area contributed by atoms with E-state index in [-0.39, 0.29) is 12.5 Å². The van der Waals surface area contributed by atoms with Gasteiger partial charge >= 0.3 is 0 Å². The van der Waals surface area contributed by atoms with Gasteiger partial charge in [-0.2, -0.15) is 0 Å². The molecule has 0 bridgehead atoms. The molecule has 1 heterocycles. The van der Waals surface area contributed by atoms with Crippen molar-refractivity contribution in [3.8, 4) is 0 Å². The van der Waals surface area contributed by atoms with E-state index >= 15 is 0 Å². The number of nitrogens with one attached hydrogen (secondary N) is 1. The van der Waals surface area contributed by atoms with Crippen molar-refractivity contribution in [3.05, 3.63) is 28.2 Å². The Labute approximate surface area is 115 Å². The summed E-state index contributed by atoms with van der Waals surface area (Å²) in [6, 6.07) is 5.78. The largest absolute Gasteiger partial charge is 0.396 e. The van der Waals surface area contributed by atoms with Gasteiger partial charge in [-0.15, -0.1) is 0 Å². The number of nitrogens with zero attached hydrogens (tertiary/aromatic N) is 1. The van der Waals surface area contributed by atoms with Crippen LogP contribution in [0, 0.1) is 12.8 Å². The summed E-state index contributed by atoms with van der Waals surface area (Å²) in [6.07, 6.45) is 0. The quantitative estimate of drug-likeness (QED) is 0.888. The number of benzene rings is 1. The molecule has 1 aliphatic rings. The first kappa shape index (κ1) is 13.5. The van der Waals surface area contributed by atoms with E-state index in [0.29, 0.717) is 12.5 Å². The molecule has 0 radical (unpaired) electrons. The summed E-state index contributed by atoms with van der Waals surface area (Å²) in [5.41, 5.74) is 1.89. The number of halogens is 1. The molecule has 5 heteroatoms. The summed E-state index contributed by atoms with van der Waals surface area (Å²) in [5, 5.41) is 11.8. The van der Waals surface area contributed by atoms with Gasteiger partial charge in [-0.05, 0) is 30.7 Å². The average molecular weight is 313 g/mol. The van der Waals surface area contributed by atoms with E-state index in [4.69, 9.17) is 5.11 Å². The maximum absolute atomic E-state index is 11.8. The molecule has 1 fully saturated rings. The lowest BCUT2D eigenvalue weighted by molar-refractivity contribution is -0.119. The second-order valence-electron chi connectivity index (χ2n) is 4.75. The predicted molar refractivity (Wildman–Crippen MR) is 74.5 cm³/mol. The first-order valence-electron chi connectivity index (χ1n) is 5.97. The van der Waals surface area contributed by atoms with E-state index in [1.165, 1.54) is 0 Å². The Balaban J connectivity index is 1.84. The first-order valence-corrected chi connectivity index (χ1v) is 6.77. The smallest absolute Gasteiger partial charge is 0.238 e. The highest BCUT2D eigenvalue weighted by Gasteiger charge is 2.27. The summed E-state index contributed by atoms with van der Waals surface area (Å²) in [4.78, 5) is 13.9. The molecular weight excluding hydrogens is 296 g/mol. The molecule has 1 aromatic rings. The van der Waals surface area contributed by atoms with Gasteiger partial charge in [0.1, 0.15) is 0 Å². The fourth-order valence-electron chi connectivity index (χ4n) is 2.08. The van der Waals surface area contributed by atoms with Crippen LogP contribution >= 0.6 is 15.9 Å². The third kappa shape index (κ3) is 3.31. The highest BCUT2D eigenvalue weighted by molar-refractivity contribution is 9.10. The molecule has 0 aliphatic carbocycles. The number of aliphatic hydroxyl groups is 1. The number of anilines is 1. The number of carbonyl (C=O) groups is 1. The lowest BCUT2D eigenvalue weighted by atomic mass is 10.0. The zero-order chi connectivity index (χ0) is 13.1. The minimum Gasteiger partial charge on any atom is -0.396 e. The van der Waals surface area contributed by atoms with Crippen LogP contribution in [0.2, 0.25) is 0 Å². The van der Waals surface area contributed by atoms with Crippen molar-refractivity contribution >= 4 is 27.5 Å². The number of amides is 1. The normalized spacial score (nSPS) is 16.4. The molecule has 0 saturated carbocycles. The van der Waals surface area contributed by atoms with Gasteiger partial charge in [0, 0.05) is 35.8 Å². The number of likely N-dealkylation sites (tertiary alicyclic amines) is 1. The van der Waals surface area contributed by atoms with Crippen molar-refractivity contribution in [2.75, 3.05) is 31.6 Å². The van der Waals surface area contributed by atoms with Crippen LogP contribution in [-0.2, 0) is 4.79 Å². The molecule has 0 aromatic heterocycles. The molecule has 0 atom stereocenters. The summed E-state index contributed by atoms with van der Waals surface area (Å²) < 4.78 is 1.01. The van der Waals surface area contributed by atoms with Crippen molar-refractivity contribution in [1.82, 2.24) is 4.90 Å². The van der Waals surface area contributed by atoms with Crippen LogP contribution in [0.25, 0.3) is 0 Å². The standard InChI is InChI=1S/C13H17BrN2O2/c1-9-4-11(14)2-3-12(9)15-13(18)7-16-5-10(6-16)8-17/h2-4,10,17H,5-8H2,1H3,(H,15,18). The van der Waals surface area contributed by atoms with Gasteiger partial charge in [-0.25, -0.2) is 0 Å². The summed E-state index contributed by atoms with van der Waals surface area (Å²) in [5.74, 6) is 0.337. The van der Waals surface area contributed by atoms with Crippen LogP contribution in [0.1, 0.15) is 5.56 Å². The van der Waals surface area contributed by atoms with Crippen molar-refractivity contribution in [2.45, 2.75) is 6.92 Å². The Kier molecular flexibility index (Phi) is 4.37. The number of carbonyl (C=O) groups excluding carboxylic acids is 1. The maximum atomic E-state index is 11.8. The van der Waals surface area contributed by atoms with Gasteiger partial charge in [0.05, 0.1) is 6.54 Å². The van der Waals surface area contributed by atoms with Gasteiger partial charge in [0.15, 0.2) is 0 Å². The number of aryl methyl sites for hydroxylation is 1. The molecule has 18 heavy (non-hydrogen) atoms. The highest BCUT2D eigenvalue weighted by Crippen LogP contribution is 2.20. The molecule has 1 aromatic carbocycles. The molecule has 4 nitrogen and oxygen atoms in total. The molecule has 1 aliphatic heterocycles. The fourth-order valence-corrected chi connectivity index (χ4v) is 2.56. The first-order chi connectivity index (χ1) is 8.58. The maximum Gasteiger partial charge on any atom is 0.238 e. The number of hydrogen-bond donors (Lipinski definition) is 2. The van der Waals surface area contributed by atoms with Crippen molar-refractivity contribution in [3.63, 3.8) is 0 Å². The Hall–Kier alpha value is -0.910. The molecular formula is C13H17BrN2O2. The van der Waals surface area contributed by atoms with E-state index in [9.17, 15) is 4.79 Å². The number of aliphatic hydroxyl groups excluding tert-OH is 1. The zero-order valence-electron chi connectivity index (χ0n) is 10.3. The summed E-state index contributed by atoms with van der Waals surface area (Å²) >= 11 is 3.39. The lowest BCUT2D eigenvalue weighted by Crippen LogP contribution is -2.51. The predicted octanol–water partition coefficient (Wildman–Crippen LogP) is 1.62. The lowest BCUT2D eigenvalue weighted by Gasteiger charge is -2.37. The van der Waals surface area contributed by atoms with Crippen LogP contribution in [0.15, 0.2) is 22.7 Å². The Morgan fingerprint density at radius 2 is 2.28 bits per heavy atom. The fraction of sp³-hybridized carbons (Fsp3) is 0.462. The van der Waals surface area contributed by atoms with E-state index < -0.39 is 0 Å². The molecule has 1 amide bonds. The van der Waals surface area contributed by atoms with Gasteiger partial charge in [-0.3, -0.25) is 9.69 Å². The van der Waals surface area contributed by atoms with Crippen LogP contribution < -0.4 is 5.32 Å². The third-order valence-corrected chi connectivity index (χ3v) is 3.61. The van der Waals surface area contributed by atoms with E-state index in [1.807, 2.05) is 30.0 Å². The molecule has 0 spiro atoms. The van der Waals surface area contributed by atoms with E-state index in [0.717, 1.165) is 28.8 Å². The average Bonchev–Trinajstić information content (AvgIpc) is 2.27. The molecule has 1 saturated heterocycles. The van der Waals surface area contributed by atoms with Gasteiger partial charge in [0.25, 0.3) is 0 Å². The Morgan fingerprint density at radius 1 is 1.56 bits per heavy atom. The second-order valence-corrected chi connectivity index (χ2v) is 5.67. The Morgan fingerprint density at radius 3 is 2.89 bits per heavy atom. The van der Waals surface area contributed by atoms with Crippen LogP contribution in [0.5, 0.6) is 0 Å². The van der Waals surface area contributed by atoms with Crippen LogP contribution in [0.3, 0.4) is 0 Å². The van der Waals surface area contributed by atoms with Gasteiger partial charge in [-0.1, -0.05) is 15.9 Å². The van der Waals surface area contributed by atoms with Crippen molar-refractivity contribution < 1.29 is 9.90 Å². The van der Waals surface area contributed by atoms with Crippen LogP contribution in [-0.4, -0.2) is 42.2 Å². The van der Waals surface area contributed by atoms with Crippen molar-refractivity contribution in [1.29, 1.82) is 0 Å². The van der Waals surface area contributed by atoms with Crippen molar-refractivity contribution in [2.24, 2.45) is 5.92 Å². The van der Waals surface area contributed by atoms with E-state index in [2.05, 4.69) is 21.2 Å². The SMILES string of the molecule is Cc1cc(Br)ccc1NC(=O)CN1CC(CO)C1. The van der Waals surface area contributed by atoms with Crippen LogP contribution in [0.4, 0.5) is 5.69 Å². The van der Waals surface area contributed by atoms with Gasteiger partial charge < -0.3 is 10.4 Å². The molecule has 98 valence electrons. The molecule has 0 unspecified atom stereocenters. The molecule has 2 rings (SSSR count). The topological polar surface area (TPSA) is 52.6 Å². The number of rotatable bonds is 4. The van der Waals surface area contributed by atoms with E-state index in [1.54, 1.807) is 0 Å². The minimum absolute atomic E-state index is 0.00295.